The number of fused-ring (bicyclic) bond motifs is 1. The maximum Gasteiger partial charge on any atom is 0.124 e. The number of aromatic nitrogens is 1. The molecule has 0 saturated carbocycles. The molecule has 1 fully saturated rings. The van der Waals surface area contributed by atoms with E-state index < -0.39 is 0 Å². The molecule has 1 aliphatic heterocycles. The van der Waals surface area contributed by atoms with Crippen LogP contribution in [-0.4, -0.2) is 18.1 Å². The number of hydrogen-bond donors (Lipinski definition) is 1. The Balaban J connectivity index is 1.87. The van der Waals surface area contributed by atoms with E-state index in [-0.39, 0.29) is 0 Å². The number of rotatable bonds is 1. The van der Waals surface area contributed by atoms with Crippen molar-refractivity contribution in [3.8, 4) is 0 Å². The summed E-state index contributed by atoms with van der Waals surface area (Å²) in [6.07, 6.45) is 6.76. The van der Waals surface area contributed by atoms with E-state index >= 15 is 0 Å². The summed E-state index contributed by atoms with van der Waals surface area (Å²) in [4.78, 5) is 4.27. The smallest absolute Gasteiger partial charge is 0.124 e. The van der Waals surface area contributed by atoms with Crippen molar-refractivity contribution >= 4 is 33.1 Å². The van der Waals surface area contributed by atoms with Crippen LogP contribution in [0.5, 0.6) is 0 Å². The normalized spacial score (nSPS) is 27.8. The molecule has 3 rings (SSSR count). The van der Waals surface area contributed by atoms with E-state index in [2.05, 4.69) is 32.3 Å². The van der Waals surface area contributed by atoms with E-state index in [1.165, 1.54) is 24.0 Å². The summed E-state index contributed by atoms with van der Waals surface area (Å²) < 4.78 is 0.723. The van der Waals surface area contributed by atoms with Gasteiger partial charge in [0.2, 0.25) is 0 Å². The molecule has 0 aromatic carbocycles. The molecule has 1 aromatic heterocycles. The predicted molar refractivity (Wildman–Crippen MR) is 74.0 cm³/mol. The van der Waals surface area contributed by atoms with Crippen molar-refractivity contribution in [3.63, 3.8) is 0 Å². The van der Waals surface area contributed by atoms with Gasteiger partial charge in [0, 0.05) is 12.7 Å². The minimum atomic E-state index is 0.691. The largest absolute Gasteiger partial charge is 0.316 e. The van der Waals surface area contributed by atoms with Gasteiger partial charge < -0.3 is 5.32 Å². The Bertz CT molecular complexity index is 472. The van der Waals surface area contributed by atoms with Gasteiger partial charge in [-0.3, -0.25) is 0 Å². The van der Waals surface area contributed by atoms with E-state index in [0.29, 0.717) is 10.9 Å². The molecule has 0 spiro atoms. The second-order valence-corrected chi connectivity index (χ2v) is 5.97. The highest BCUT2D eigenvalue weighted by Gasteiger charge is 2.30. The maximum absolute atomic E-state index is 6.10. The zero-order valence-electron chi connectivity index (χ0n) is 9.42. The molecule has 1 aliphatic carbocycles. The highest BCUT2D eigenvalue weighted by molar-refractivity contribution is 9.10. The summed E-state index contributed by atoms with van der Waals surface area (Å²) in [6.45, 7) is 2.27. The van der Waals surface area contributed by atoms with E-state index in [0.717, 1.165) is 23.6 Å². The minimum Gasteiger partial charge on any atom is -0.316 e. The van der Waals surface area contributed by atoms with Crippen molar-refractivity contribution in [1.82, 2.24) is 10.3 Å². The lowest BCUT2D eigenvalue weighted by molar-refractivity contribution is 0.323. The van der Waals surface area contributed by atoms with Crippen molar-refractivity contribution in [2.75, 3.05) is 13.1 Å². The zero-order valence-corrected chi connectivity index (χ0v) is 11.8. The van der Waals surface area contributed by atoms with Gasteiger partial charge >= 0.3 is 0 Å². The number of allylic oxidation sites excluding steroid dienone is 1. The molecule has 1 aromatic rings. The Morgan fingerprint density at radius 3 is 3.12 bits per heavy atom. The third-order valence-electron chi connectivity index (χ3n) is 3.74. The number of pyridine rings is 1. The van der Waals surface area contributed by atoms with Gasteiger partial charge in [0.15, 0.2) is 0 Å². The summed E-state index contributed by atoms with van der Waals surface area (Å²) in [5.41, 5.74) is 2.58. The summed E-state index contributed by atoms with van der Waals surface area (Å²) in [6, 6.07) is 2.01. The van der Waals surface area contributed by atoms with Crippen molar-refractivity contribution in [3.05, 3.63) is 33.5 Å². The van der Waals surface area contributed by atoms with Crippen LogP contribution in [0.15, 0.2) is 22.9 Å². The maximum atomic E-state index is 6.10. The Morgan fingerprint density at radius 1 is 1.47 bits per heavy atom. The van der Waals surface area contributed by atoms with Crippen LogP contribution in [0.3, 0.4) is 0 Å². The van der Waals surface area contributed by atoms with Crippen molar-refractivity contribution < 1.29 is 0 Å². The van der Waals surface area contributed by atoms with Gasteiger partial charge in [0.05, 0.1) is 5.02 Å². The second-order valence-electron chi connectivity index (χ2n) is 4.81. The van der Waals surface area contributed by atoms with E-state index in [4.69, 9.17) is 11.6 Å². The predicted octanol–water partition coefficient (Wildman–Crippen LogP) is 3.51. The van der Waals surface area contributed by atoms with Gasteiger partial charge in [-0.2, -0.15) is 0 Å². The third kappa shape index (κ3) is 2.28. The van der Waals surface area contributed by atoms with Crippen LogP contribution in [-0.2, 0) is 0 Å². The molecule has 2 nitrogen and oxygen atoms in total. The summed E-state index contributed by atoms with van der Waals surface area (Å²) in [7, 11) is 0. The molecule has 2 aliphatic rings. The van der Waals surface area contributed by atoms with Gasteiger partial charge in [-0.1, -0.05) is 17.7 Å². The first-order valence-electron chi connectivity index (χ1n) is 5.97. The first-order chi connectivity index (χ1) is 8.24. The van der Waals surface area contributed by atoms with E-state index in [9.17, 15) is 0 Å². The molecular formula is C13H14BrClN2. The standard InChI is InChI=1S/C13H14BrClN2/c14-13-12(15)5-11(7-17-13)9-3-8-1-2-16-6-10(8)4-9/h4-5,7-8,10,16H,1-3,6H2. The lowest BCUT2D eigenvalue weighted by Crippen LogP contribution is -2.33. The highest BCUT2D eigenvalue weighted by Crippen LogP contribution is 2.39. The average Bonchev–Trinajstić information content (AvgIpc) is 2.76. The molecule has 2 heterocycles. The molecule has 90 valence electrons. The van der Waals surface area contributed by atoms with Crippen LogP contribution < -0.4 is 5.32 Å². The molecule has 0 amide bonds. The van der Waals surface area contributed by atoms with E-state index in [1.54, 1.807) is 0 Å². The van der Waals surface area contributed by atoms with Crippen LogP contribution in [0.1, 0.15) is 18.4 Å². The fourth-order valence-electron chi connectivity index (χ4n) is 2.81. The molecule has 0 radical (unpaired) electrons. The summed E-state index contributed by atoms with van der Waals surface area (Å²) in [5.74, 6) is 1.51. The Morgan fingerprint density at radius 2 is 2.35 bits per heavy atom. The molecule has 0 bridgehead atoms. The first-order valence-corrected chi connectivity index (χ1v) is 7.14. The van der Waals surface area contributed by atoms with Crippen LogP contribution in [0.4, 0.5) is 0 Å². The van der Waals surface area contributed by atoms with Crippen molar-refractivity contribution in [2.24, 2.45) is 11.8 Å². The Hall–Kier alpha value is -0.380. The number of piperidine rings is 1. The quantitative estimate of drug-likeness (QED) is 0.803. The zero-order chi connectivity index (χ0) is 11.8. The van der Waals surface area contributed by atoms with Crippen molar-refractivity contribution in [2.45, 2.75) is 12.8 Å². The molecular weight excluding hydrogens is 300 g/mol. The Kier molecular flexibility index (Phi) is 3.24. The minimum absolute atomic E-state index is 0.691. The molecule has 1 N–H and O–H groups in total. The fourth-order valence-corrected chi connectivity index (χ4v) is 3.19. The number of nitrogens with one attached hydrogen (secondary N) is 1. The molecule has 17 heavy (non-hydrogen) atoms. The molecule has 1 saturated heterocycles. The fraction of sp³-hybridized carbons (Fsp3) is 0.462. The second kappa shape index (κ2) is 4.71. The number of nitrogens with zero attached hydrogens (tertiary/aromatic N) is 1. The molecule has 2 unspecified atom stereocenters. The topological polar surface area (TPSA) is 24.9 Å². The Labute approximate surface area is 115 Å². The summed E-state index contributed by atoms with van der Waals surface area (Å²) >= 11 is 9.42. The number of hydrogen-bond acceptors (Lipinski definition) is 2. The van der Waals surface area contributed by atoms with Crippen LogP contribution in [0, 0.1) is 11.8 Å². The van der Waals surface area contributed by atoms with Crippen LogP contribution >= 0.6 is 27.5 Å². The third-order valence-corrected chi connectivity index (χ3v) is 4.89. The lowest BCUT2D eigenvalue weighted by Gasteiger charge is -2.25. The average molecular weight is 314 g/mol. The number of halogens is 2. The monoisotopic (exact) mass is 312 g/mol. The SMILES string of the molecule is Clc1cc(C2=CC3CNCCC3C2)cnc1Br. The van der Waals surface area contributed by atoms with Gasteiger partial charge in [-0.25, -0.2) is 4.98 Å². The molecule has 2 atom stereocenters. The summed E-state index contributed by atoms with van der Waals surface area (Å²) in [5, 5.41) is 4.15. The first kappa shape index (κ1) is 11.7. The highest BCUT2D eigenvalue weighted by atomic mass is 79.9. The van der Waals surface area contributed by atoms with Gasteiger partial charge in [0.25, 0.3) is 0 Å². The van der Waals surface area contributed by atoms with E-state index in [1.807, 2.05) is 12.3 Å². The van der Waals surface area contributed by atoms with Gasteiger partial charge in [-0.15, -0.1) is 0 Å². The van der Waals surface area contributed by atoms with Crippen molar-refractivity contribution in [1.29, 1.82) is 0 Å². The van der Waals surface area contributed by atoms with Gasteiger partial charge in [-0.05, 0) is 64.4 Å². The lowest BCUT2D eigenvalue weighted by atomic mass is 9.89. The van der Waals surface area contributed by atoms with Crippen LogP contribution in [0.2, 0.25) is 5.02 Å². The van der Waals surface area contributed by atoms with Crippen LogP contribution in [0.25, 0.3) is 5.57 Å². The van der Waals surface area contributed by atoms with Gasteiger partial charge in [0.1, 0.15) is 4.60 Å². The molecule has 4 heteroatoms.